The van der Waals surface area contributed by atoms with E-state index in [-0.39, 0.29) is 34.9 Å². The van der Waals surface area contributed by atoms with Crippen LogP contribution in [0.4, 0.5) is 15.8 Å². The number of nitrogens with one attached hydrogen (secondary N) is 2. The molecule has 4 N–H and O–H groups in total. The van der Waals surface area contributed by atoms with Crippen molar-refractivity contribution < 1.29 is 28.2 Å². The van der Waals surface area contributed by atoms with Crippen molar-refractivity contribution in [2.75, 3.05) is 18.2 Å². The second-order valence-electron chi connectivity index (χ2n) is 6.30. The third kappa shape index (κ3) is 4.03. The average Bonchev–Trinajstić information content (AvgIpc) is 2.71. The molecule has 0 saturated carbocycles. The van der Waals surface area contributed by atoms with E-state index in [1.54, 1.807) is 13.0 Å². The number of carbonyl (C=O) groups excluding carboxylic acids is 3. The minimum atomic E-state index is -1.09. The highest BCUT2D eigenvalue weighted by Crippen LogP contribution is 2.34. The van der Waals surface area contributed by atoms with Crippen LogP contribution < -0.4 is 21.1 Å². The van der Waals surface area contributed by atoms with Crippen LogP contribution in [0.1, 0.15) is 22.3 Å². The first-order valence-corrected chi connectivity index (χ1v) is 8.34. The molecular formula is C19H18FN3O5. The van der Waals surface area contributed by atoms with Gasteiger partial charge in [-0.15, -0.1) is 0 Å². The fourth-order valence-electron chi connectivity index (χ4n) is 2.78. The normalized spacial score (nSPS) is 15.8. The van der Waals surface area contributed by atoms with E-state index in [2.05, 4.69) is 15.4 Å². The van der Waals surface area contributed by atoms with Gasteiger partial charge in [-0.2, -0.15) is 0 Å². The van der Waals surface area contributed by atoms with Crippen LogP contribution >= 0.6 is 0 Å². The van der Waals surface area contributed by atoms with Crippen molar-refractivity contribution in [2.45, 2.75) is 19.4 Å². The van der Waals surface area contributed by atoms with Crippen molar-refractivity contribution in [3.05, 3.63) is 47.3 Å². The maximum atomic E-state index is 13.6. The van der Waals surface area contributed by atoms with Gasteiger partial charge in [-0.3, -0.25) is 14.4 Å². The Hall–Kier alpha value is -3.62. The van der Waals surface area contributed by atoms with E-state index in [1.807, 2.05) is 0 Å². The van der Waals surface area contributed by atoms with Crippen molar-refractivity contribution in [1.82, 2.24) is 5.32 Å². The smallest absolute Gasteiger partial charge is 0.308 e. The molecule has 28 heavy (non-hydrogen) atoms. The number of halogens is 1. The van der Waals surface area contributed by atoms with E-state index in [0.717, 1.165) is 0 Å². The van der Waals surface area contributed by atoms with Gasteiger partial charge in [0.15, 0.2) is 5.75 Å². The van der Waals surface area contributed by atoms with Gasteiger partial charge in [0.05, 0.1) is 30.5 Å². The number of hydrogen-bond donors (Lipinski definition) is 3. The Labute approximate surface area is 159 Å². The molecule has 9 heteroatoms. The number of methoxy groups -OCH3 is 1. The summed E-state index contributed by atoms with van der Waals surface area (Å²) in [4.78, 5) is 36.3. The second kappa shape index (κ2) is 7.55. The highest BCUT2D eigenvalue weighted by atomic mass is 19.1. The van der Waals surface area contributed by atoms with E-state index in [9.17, 15) is 18.8 Å². The van der Waals surface area contributed by atoms with Gasteiger partial charge < -0.3 is 25.8 Å². The molecule has 0 fully saturated rings. The molecule has 0 unspecified atom stereocenters. The van der Waals surface area contributed by atoms with Crippen LogP contribution in [0.2, 0.25) is 0 Å². The molecule has 0 saturated heterocycles. The van der Waals surface area contributed by atoms with Crippen LogP contribution in [0.3, 0.4) is 0 Å². The first-order valence-electron chi connectivity index (χ1n) is 8.34. The molecule has 0 radical (unpaired) electrons. The molecule has 146 valence electrons. The Bertz CT molecular complexity index is 956. The predicted octanol–water partition coefficient (Wildman–Crippen LogP) is 2.12. The van der Waals surface area contributed by atoms with Crippen molar-refractivity contribution in [3.8, 4) is 11.5 Å². The zero-order chi connectivity index (χ0) is 20.4. The number of carbonyl (C=O) groups is 3. The number of nitrogen functional groups attached to an aromatic ring is 1. The molecule has 1 aliphatic heterocycles. The summed E-state index contributed by atoms with van der Waals surface area (Å²) in [6.45, 7) is 1.71. The molecule has 2 amide bonds. The van der Waals surface area contributed by atoms with E-state index in [4.69, 9.17) is 10.5 Å². The molecule has 0 aliphatic carbocycles. The van der Waals surface area contributed by atoms with Crippen LogP contribution in [0.25, 0.3) is 0 Å². The number of aryl methyl sites for hydroxylation is 1. The number of fused-ring (bicyclic) bond motifs is 1. The number of amides is 2. The third-order valence-electron chi connectivity index (χ3n) is 4.12. The van der Waals surface area contributed by atoms with Crippen LogP contribution in [0.15, 0.2) is 30.3 Å². The molecule has 0 aromatic heterocycles. The van der Waals surface area contributed by atoms with Gasteiger partial charge in [0.2, 0.25) is 5.91 Å². The van der Waals surface area contributed by atoms with Gasteiger partial charge in [0.1, 0.15) is 17.6 Å². The predicted molar refractivity (Wildman–Crippen MR) is 98.6 cm³/mol. The first-order chi connectivity index (χ1) is 13.3. The summed E-state index contributed by atoms with van der Waals surface area (Å²) in [5.74, 6) is -1.95. The van der Waals surface area contributed by atoms with Crippen molar-refractivity contribution >= 4 is 29.2 Å². The lowest BCUT2D eigenvalue weighted by molar-refractivity contribution is -0.142. The van der Waals surface area contributed by atoms with Gasteiger partial charge in [0, 0.05) is 6.07 Å². The number of nitrogens with two attached hydrogens (primary N) is 1. The summed E-state index contributed by atoms with van der Waals surface area (Å²) in [6.07, 6.45) is -0.316. The van der Waals surface area contributed by atoms with Crippen LogP contribution in [-0.4, -0.2) is 30.9 Å². The second-order valence-corrected chi connectivity index (χ2v) is 6.30. The zero-order valence-electron chi connectivity index (χ0n) is 15.2. The molecule has 1 aliphatic rings. The zero-order valence-corrected chi connectivity index (χ0v) is 15.2. The average molecular weight is 387 g/mol. The van der Waals surface area contributed by atoms with E-state index in [0.29, 0.717) is 5.56 Å². The van der Waals surface area contributed by atoms with Gasteiger partial charge in [-0.25, -0.2) is 4.39 Å². The van der Waals surface area contributed by atoms with Gasteiger partial charge in [-0.05, 0) is 36.8 Å². The van der Waals surface area contributed by atoms with Gasteiger partial charge in [0.25, 0.3) is 5.91 Å². The van der Waals surface area contributed by atoms with E-state index in [1.165, 1.54) is 31.4 Å². The number of ether oxygens (including phenoxy) is 2. The monoisotopic (exact) mass is 387 g/mol. The quantitative estimate of drug-likeness (QED) is 0.546. The Balaban J connectivity index is 1.92. The molecule has 3 rings (SSSR count). The number of rotatable bonds is 4. The van der Waals surface area contributed by atoms with Gasteiger partial charge >= 0.3 is 5.97 Å². The summed E-state index contributed by atoms with van der Waals surface area (Å²) in [5.41, 5.74) is 7.03. The summed E-state index contributed by atoms with van der Waals surface area (Å²) in [7, 11) is 1.19. The summed E-state index contributed by atoms with van der Waals surface area (Å²) in [6, 6.07) is 5.77. The number of esters is 1. The first kappa shape index (κ1) is 19.2. The molecule has 2 aromatic rings. The maximum Gasteiger partial charge on any atom is 0.308 e. The minimum absolute atomic E-state index is 0.0954. The molecule has 0 spiro atoms. The molecule has 1 heterocycles. The lowest BCUT2D eigenvalue weighted by Crippen LogP contribution is -2.42. The minimum Gasteiger partial charge on any atom is -0.469 e. The lowest BCUT2D eigenvalue weighted by atomic mass is 10.1. The molecule has 8 nitrogen and oxygen atoms in total. The van der Waals surface area contributed by atoms with Crippen LogP contribution in [-0.2, 0) is 14.3 Å². The SMILES string of the molecule is COC(=O)C[C@@H]1NC(=O)c2cc(Oc3cc(C)cc(F)c3)c(N)cc2NC1=O. The molecule has 0 bridgehead atoms. The van der Waals surface area contributed by atoms with Crippen LogP contribution in [0, 0.1) is 12.7 Å². The third-order valence-corrected chi connectivity index (χ3v) is 4.12. The fourth-order valence-corrected chi connectivity index (χ4v) is 2.78. The Morgan fingerprint density at radius 3 is 2.64 bits per heavy atom. The molecular weight excluding hydrogens is 369 g/mol. The Morgan fingerprint density at radius 2 is 1.96 bits per heavy atom. The Morgan fingerprint density at radius 1 is 1.21 bits per heavy atom. The van der Waals surface area contributed by atoms with Crippen molar-refractivity contribution in [2.24, 2.45) is 0 Å². The van der Waals surface area contributed by atoms with E-state index < -0.39 is 29.6 Å². The van der Waals surface area contributed by atoms with Crippen LogP contribution in [0.5, 0.6) is 11.5 Å². The number of hydrogen-bond acceptors (Lipinski definition) is 6. The number of anilines is 2. The summed E-state index contributed by atoms with van der Waals surface area (Å²) >= 11 is 0. The van der Waals surface area contributed by atoms with Crippen molar-refractivity contribution in [1.29, 1.82) is 0 Å². The highest BCUT2D eigenvalue weighted by Gasteiger charge is 2.30. The van der Waals surface area contributed by atoms with Crippen molar-refractivity contribution in [3.63, 3.8) is 0 Å². The maximum absolute atomic E-state index is 13.6. The summed E-state index contributed by atoms with van der Waals surface area (Å²) in [5, 5.41) is 5.03. The summed E-state index contributed by atoms with van der Waals surface area (Å²) < 4.78 is 23.7. The number of benzene rings is 2. The fraction of sp³-hybridized carbons (Fsp3) is 0.211. The highest BCUT2D eigenvalue weighted by molar-refractivity contribution is 6.11. The Kier molecular flexibility index (Phi) is 5.16. The van der Waals surface area contributed by atoms with Gasteiger partial charge in [-0.1, -0.05) is 0 Å². The largest absolute Gasteiger partial charge is 0.469 e. The lowest BCUT2D eigenvalue weighted by Gasteiger charge is -2.13. The van der Waals surface area contributed by atoms with E-state index >= 15 is 0 Å². The molecule has 1 atom stereocenters. The topological polar surface area (TPSA) is 120 Å². The standard InChI is InChI=1S/C19H18FN3O5/c1-9-3-10(20)5-11(4-9)28-16-6-12-14(7-13(16)21)22-19(26)15(23-18(12)25)8-17(24)27-2/h3-7,15H,8,21H2,1-2H3,(H,22,26)(H,23,25)/t15-/m0/s1. The molecule has 2 aromatic carbocycles.